The maximum Gasteiger partial charge on any atom is 0.238 e. The third-order valence-electron chi connectivity index (χ3n) is 6.50. The van der Waals surface area contributed by atoms with Crippen LogP contribution in [0.5, 0.6) is 0 Å². The average molecular weight is 420 g/mol. The van der Waals surface area contributed by atoms with Gasteiger partial charge in [-0.15, -0.1) is 0 Å². The van der Waals surface area contributed by atoms with Crippen LogP contribution in [0.4, 0.5) is 5.69 Å². The van der Waals surface area contributed by atoms with E-state index in [-0.39, 0.29) is 11.8 Å². The summed E-state index contributed by atoms with van der Waals surface area (Å²) in [5, 5.41) is 3.00. The van der Waals surface area contributed by atoms with E-state index in [9.17, 15) is 9.59 Å². The Morgan fingerprint density at radius 1 is 0.774 bits per heavy atom. The molecule has 0 unspecified atom stereocenters. The van der Waals surface area contributed by atoms with Crippen LogP contribution in [0.3, 0.4) is 0 Å². The predicted octanol–water partition coefficient (Wildman–Crippen LogP) is 4.41. The lowest BCUT2D eigenvalue weighted by Gasteiger charge is -2.33. The summed E-state index contributed by atoms with van der Waals surface area (Å²) in [6.45, 7) is 3.84. The Morgan fingerprint density at radius 3 is 2.03 bits per heavy atom. The third kappa shape index (κ3) is 5.95. The van der Waals surface area contributed by atoms with E-state index in [2.05, 4.69) is 27.2 Å². The first-order valence-corrected chi connectivity index (χ1v) is 11.7. The Labute approximate surface area is 185 Å². The minimum absolute atomic E-state index is 0.00440. The zero-order valence-electron chi connectivity index (χ0n) is 18.3. The molecule has 4 rings (SSSR count). The van der Waals surface area contributed by atoms with Crippen LogP contribution >= 0.6 is 0 Å². The summed E-state index contributed by atoms with van der Waals surface area (Å²) in [4.78, 5) is 29.6. The molecule has 2 fully saturated rings. The van der Waals surface area contributed by atoms with E-state index in [1.807, 2.05) is 42.5 Å². The minimum Gasteiger partial charge on any atom is -0.342 e. The molecule has 0 bridgehead atoms. The second kappa shape index (κ2) is 10.6. The van der Waals surface area contributed by atoms with E-state index >= 15 is 0 Å². The number of hydrogen-bond donors (Lipinski definition) is 1. The fourth-order valence-corrected chi connectivity index (χ4v) is 4.67. The van der Waals surface area contributed by atoms with Gasteiger partial charge in [-0.2, -0.15) is 0 Å². The minimum atomic E-state index is 0.00440. The number of piperidine rings is 1. The monoisotopic (exact) mass is 419 g/mol. The summed E-state index contributed by atoms with van der Waals surface area (Å²) in [6.07, 6.45) is 6.47. The fraction of sp³-hybridized carbons (Fsp3) is 0.462. The van der Waals surface area contributed by atoms with Crippen LogP contribution < -0.4 is 5.32 Å². The lowest BCUT2D eigenvalue weighted by atomic mass is 9.95. The number of carbonyl (C=O) groups excluding carboxylic acids is 2. The van der Waals surface area contributed by atoms with Gasteiger partial charge in [0, 0.05) is 24.7 Å². The zero-order chi connectivity index (χ0) is 21.5. The molecule has 0 atom stereocenters. The number of nitrogens with one attached hydrogen (secondary N) is 1. The molecule has 5 nitrogen and oxygen atoms in total. The molecule has 2 saturated heterocycles. The molecule has 2 heterocycles. The Morgan fingerprint density at radius 2 is 1.39 bits per heavy atom. The van der Waals surface area contributed by atoms with Crippen molar-refractivity contribution in [2.75, 3.05) is 38.0 Å². The van der Waals surface area contributed by atoms with Crippen molar-refractivity contribution in [2.24, 2.45) is 5.92 Å². The van der Waals surface area contributed by atoms with Crippen molar-refractivity contribution in [1.82, 2.24) is 9.80 Å². The lowest BCUT2D eigenvalue weighted by Crippen LogP contribution is -2.44. The Hall–Kier alpha value is -2.66. The summed E-state index contributed by atoms with van der Waals surface area (Å²) in [5.74, 6) is 0.470. The summed E-state index contributed by atoms with van der Waals surface area (Å²) < 4.78 is 0. The van der Waals surface area contributed by atoms with Gasteiger partial charge in [-0.1, -0.05) is 55.3 Å². The number of anilines is 1. The number of nitrogens with zero attached hydrogens (tertiary/aromatic N) is 2. The van der Waals surface area contributed by atoms with Crippen molar-refractivity contribution >= 4 is 17.5 Å². The molecule has 2 amide bonds. The Bertz CT molecular complexity index is 850. The largest absolute Gasteiger partial charge is 0.342 e. The second-order valence-electron chi connectivity index (χ2n) is 8.78. The maximum atomic E-state index is 12.8. The van der Waals surface area contributed by atoms with Crippen molar-refractivity contribution < 1.29 is 9.59 Å². The fourth-order valence-electron chi connectivity index (χ4n) is 4.67. The summed E-state index contributed by atoms with van der Waals surface area (Å²) in [6, 6.07) is 18.2. The van der Waals surface area contributed by atoms with E-state index in [1.54, 1.807) is 0 Å². The van der Waals surface area contributed by atoms with E-state index < -0.39 is 0 Å². The molecule has 5 heteroatoms. The van der Waals surface area contributed by atoms with Gasteiger partial charge < -0.3 is 10.2 Å². The van der Waals surface area contributed by atoms with Crippen LogP contribution in [-0.4, -0.2) is 54.3 Å². The first kappa shape index (κ1) is 21.6. The molecule has 1 N–H and O–H groups in total. The molecule has 0 aromatic heterocycles. The molecule has 2 aliphatic heterocycles. The number of rotatable bonds is 5. The van der Waals surface area contributed by atoms with Crippen molar-refractivity contribution in [3.05, 3.63) is 54.6 Å². The molecular weight excluding hydrogens is 386 g/mol. The topological polar surface area (TPSA) is 52.7 Å². The van der Waals surface area contributed by atoms with Crippen molar-refractivity contribution in [3.8, 4) is 11.1 Å². The Balaban J connectivity index is 1.22. The number of likely N-dealkylation sites (tertiary alicyclic amines) is 2. The summed E-state index contributed by atoms with van der Waals surface area (Å²) in [5.41, 5.74) is 3.11. The number of amides is 2. The standard InChI is InChI=1S/C26H33N3O2/c30-25(27-24-12-10-22(11-13-24)21-8-4-3-5-9-21)20-28-18-14-23(15-19-28)26(31)29-16-6-1-2-7-17-29/h3-5,8-13,23H,1-2,6-7,14-20H2,(H,27,30). The SMILES string of the molecule is O=C(CN1CCC(C(=O)N2CCCCCC2)CC1)Nc1ccc(-c2ccccc2)cc1. The quantitative estimate of drug-likeness (QED) is 0.781. The van der Waals surface area contributed by atoms with E-state index in [1.165, 1.54) is 12.8 Å². The molecule has 0 spiro atoms. The van der Waals surface area contributed by atoms with Gasteiger partial charge >= 0.3 is 0 Å². The average Bonchev–Trinajstić information content (AvgIpc) is 3.10. The van der Waals surface area contributed by atoms with E-state index in [0.717, 1.165) is 68.7 Å². The van der Waals surface area contributed by atoms with Crippen LogP contribution in [-0.2, 0) is 9.59 Å². The van der Waals surface area contributed by atoms with Crippen LogP contribution in [0, 0.1) is 5.92 Å². The number of benzene rings is 2. The van der Waals surface area contributed by atoms with Gasteiger partial charge in [-0.05, 0) is 62.0 Å². The van der Waals surface area contributed by atoms with Crippen molar-refractivity contribution in [3.63, 3.8) is 0 Å². The van der Waals surface area contributed by atoms with Crippen LogP contribution in [0.1, 0.15) is 38.5 Å². The van der Waals surface area contributed by atoms with Gasteiger partial charge in [0.25, 0.3) is 0 Å². The normalized spacial score (nSPS) is 18.4. The summed E-state index contributed by atoms with van der Waals surface area (Å²) in [7, 11) is 0. The van der Waals surface area contributed by atoms with Gasteiger partial charge in [0.2, 0.25) is 11.8 Å². The first-order chi connectivity index (χ1) is 15.2. The molecule has 31 heavy (non-hydrogen) atoms. The van der Waals surface area contributed by atoms with Gasteiger partial charge in [0.05, 0.1) is 6.54 Å². The Kier molecular flexibility index (Phi) is 7.36. The second-order valence-corrected chi connectivity index (χ2v) is 8.78. The lowest BCUT2D eigenvalue weighted by molar-refractivity contribution is -0.137. The van der Waals surface area contributed by atoms with E-state index in [0.29, 0.717) is 12.5 Å². The molecule has 0 aliphatic carbocycles. The highest BCUT2D eigenvalue weighted by atomic mass is 16.2. The van der Waals surface area contributed by atoms with Crippen LogP contribution in [0.25, 0.3) is 11.1 Å². The highest BCUT2D eigenvalue weighted by Crippen LogP contribution is 2.23. The van der Waals surface area contributed by atoms with Crippen LogP contribution in [0.2, 0.25) is 0 Å². The number of carbonyl (C=O) groups is 2. The van der Waals surface area contributed by atoms with Gasteiger partial charge in [0.15, 0.2) is 0 Å². The summed E-state index contributed by atoms with van der Waals surface area (Å²) >= 11 is 0. The maximum absolute atomic E-state index is 12.8. The van der Waals surface area contributed by atoms with Gasteiger partial charge in [-0.25, -0.2) is 0 Å². The van der Waals surface area contributed by atoms with Gasteiger partial charge in [-0.3, -0.25) is 14.5 Å². The highest BCUT2D eigenvalue weighted by Gasteiger charge is 2.29. The molecule has 2 aromatic carbocycles. The van der Waals surface area contributed by atoms with Crippen molar-refractivity contribution in [2.45, 2.75) is 38.5 Å². The molecule has 0 radical (unpaired) electrons. The highest BCUT2D eigenvalue weighted by molar-refractivity contribution is 5.92. The first-order valence-electron chi connectivity index (χ1n) is 11.7. The number of hydrogen-bond acceptors (Lipinski definition) is 3. The van der Waals surface area contributed by atoms with Gasteiger partial charge in [0.1, 0.15) is 0 Å². The molecule has 164 valence electrons. The van der Waals surface area contributed by atoms with E-state index in [4.69, 9.17) is 0 Å². The van der Waals surface area contributed by atoms with Crippen LogP contribution in [0.15, 0.2) is 54.6 Å². The molecule has 2 aromatic rings. The van der Waals surface area contributed by atoms with Crippen molar-refractivity contribution in [1.29, 1.82) is 0 Å². The molecule has 2 aliphatic rings. The molecular formula is C26H33N3O2. The predicted molar refractivity (Wildman–Crippen MR) is 125 cm³/mol. The zero-order valence-corrected chi connectivity index (χ0v) is 18.3. The third-order valence-corrected chi connectivity index (χ3v) is 6.50. The molecule has 0 saturated carbocycles. The smallest absolute Gasteiger partial charge is 0.238 e.